The van der Waals surface area contributed by atoms with E-state index in [1.165, 1.54) is 13.8 Å². The third kappa shape index (κ3) is 5.15. The summed E-state index contributed by atoms with van der Waals surface area (Å²) >= 11 is 0. The van der Waals surface area contributed by atoms with Gasteiger partial charge in [0, 0.05) is 5.56 Å². The van der Waals surface area contributed by atoms with Crippen LogP contribution in [0.4, 0.5) is 13.2 Å². The molecule has 120 valence electrons. The number of rotatable bonds is 2. The number of alkyl halides is 3. The molecule has 1 nitrogen and oxygen atoms in total. The summed E-state index contributed by atoms with van der Waals surface area (Å²) < 4.78 is 40.8. The molecule has 2 rings (SSSR count). The highest BCUT2D eigenvalue weighted by Gasteiger charge is 2.36. The SMILES string of the molecule is Cc1ccccc1-c1ccc(C#CC(C)(C)OC(F)(F)F)cc1. The van der Waals surface area contributed by atoms with E-state index in [0.717, 1.165) is 16.7 Å². The lowest BCUT2D eigenvalue weighted by atomic mass is 9.99. The first-order chi connectivity index (χ1) is 10.7. The molecule has 0 radical (unpaired) electrons. The maximum Gasteiger partial charge on any atom is 0.523 e. The standard InChI is InChI=1S/C19H17F3O/c1-14-6-4-5-7-17(14)16-10-8-15(9-11-16)12-13-18(2,3)23-19(20,21)22/h4-11H,1-3H3. The fraction of sp³-hybridized carbons (Fsp3) is 0.263. The summed E-state index contributed by atoms with van der Waals surface area (Å²) in [7, 11) is 0. The summed E-state index contributed by atoms with van der Waals surface area (Å²) in [6, 6.07) is 15.4. The minimum absolute atomic E-state index is 0.640. The number of halogens is 3. The fourth-order valence-corrected chi connectivity index (χ4v) is 2.17. The zero-order chi connectivity index (χ0) is 17.1. The predicted octanol–water partition coefficient (Wildman–Crippen LogP) is 5.33. The molecule has 0 aliphatic heterocycles. The zero-order valence-corrected chi connectivity index (χ0v) is 13.2. The second-order valence-electron chi connectivity index (χ2n) is 5.70. The van der Waals surface area contributed by atoms with Crippen LogP contribution in [0.3, 0.4) is 0 Å². The molecule has 0 aliphatic carbocycles. The Morgan fingerprint density at radius 2 is 1.52 bits per heavy atom. The lowest BCUT2D eigenvalue weighted by Crippen LogP contribution is -2.30. The van der Waals surface area contributed by atoms with E-state index in [-0.39, 0.29) is 0 Å². The Balaban J connectivity index is 2.19. The molecule has 0 fully saturated rings. The van der Waals surface area contributed by atoms with E-state index in [2.05, 4.69) is 16.6 Å². The highest BCUT2D eigenvalue weighted by molar-refractivity contribution is 5.67. The molecule has 0 unspecified atom stereocenters. The quantitative estimate of drug-likeness (QED) is 0.680. The van der Waals surface area contributed by atoms with E-state index in [9.17, 15) is 13.2 Å². The van der Waals surface area contributed by atoms with Crippen molar-refractivity contribution in [3.05, 3.63) is 59.7 Å². The van der Waals surface area contributed by atoms with Gasteiger partial charge < -0.3 is 0 Å². The Kier molecular flexibility index (Phi) is 4.82. The molecule has 0 aromatic heterocycles. The maximum absolute atomic E-state index is 12.3. The molecular formula is C19H17F3O. The van der Waals surface area contributed by atoms with Gasteiger partial charge in [0.1, 0.15) is 5.60 Å². The van der Waals surface area contributed by atoms with Gasteiger partial charge in [0.05, 0.1) is 0 Å². The lowest BCUT2D eigenvalue weighted by molar-refractivity contribution is -0.351. The minimum atomic E-state index is -4.70. The van der Waals surface area contributed by atoms with Crippen LogP contribution in [0.15, 0.2) is 48.5 Å². The van der Waals surface area contributed by atoms with Gasteiger partial charge in [-0.15, -0.1) is 13.2 Å². The second kappa shape index (κ2) is 6.47. The van der Waals surface area contributed by atoms with Crippen molar-refractivity contribution in [3.63, 3.8) is 0 Å². The van der Waals surface area contributed by atoms with Crippen LogP contribution >= 0.6 is 0 Å². The number of hydrogen-bond donors (Lipinski definition) is 0. The van der Waals surface area contributed by atoms with Crippen molar-refractivity contribution in [1.82, 2.24) is 0 Å². The second-order valence-corrected chi connectivity index (χ2v) is 5.70. The number of hydrogen-bond acceptors (Lipinski definition) is 1. The molecule has 23 heavy (non-hydrogen) atoms. The molecule has 2 aromatic rings. The van der Waals surface area contributed by atoms with Crippen LogP contribution in [0.2, 0.25) is 0 Å². The Morgan fingerprint density at radius 3 is 2.09 bits per heavy atom. The summed E-state index contributed by atoms with van der Waals surface area (Å²) in [5.74, 6) is 5.24. The van der Waals surface area contributed by atoms with Crippen LogP contribution in [-0.4, -0.2) is 12.0 Å². The van der Waals surface area contributed by atoms with E-state index >= 15 is 0 Å². The Bertz CT molecular complexity index is 732. The summed E-state index contributed by atoms with van der Waals surface area (Å²) in [6.45, 7) is 4.60. The Labute approximate surface area is 134 Å². The molecule has 2 aromatic carbocycles. The fourth-order valence-electron chi connectivity index (χ4n) is 2.17. The summed E-state index contributed by atoms with van der Waals surface area (Å²) in [5, 5.41) is 0. The average molecular weight is 318 g/mol. The van der Waals surface area contributed by atoms with E-state index in [1.807, 2.05) is 43.3 Å². The van der Waals surface area contributed by atoms with Gasteiger partial charge in [-0.3, -0.25) is 4.74 Å². The first-order valence-electron chi connectivity index (χ1n) is 7.12. The maximum atomic E-state index is 12.3. The highest BCUT2D eigenvalue weighted by Crippen LogP contribution is 2.25. The molecule has 0 atom stereocenters. The summed E-state index contributed by atoms with van der Waals surface area (Å²) in [4.78, 5) is 0. The predicted molar refractivity (Wildman–Crippen MR) is 84.7 cm³/mol. The Morgan fingerprint density at radius 1 is 0.913 bits per heavy atom. The van der Waals surface area contributed by atoms with Crippen LogP contribution in [-0.2, 0) is 4.74 Å². The van der Waals surface area contributed by atoms with Crippen LogP contribution < -0.4 is 0 Å². The Hall–Kier alpha value is -2.25. The number of benzene rings is 2. The van der Waals surface area contributed by atoms with E-state index in [0.29, 0.717) is 5.56 Å². The molecule has 0 N–H and O–H groups in total. The lowest BCUT2D eigenvalue weighted by Gasteiger charge is -2.20. The van der Waals surface area contributed by atoms with Gasteiger partial charge >= 0.3 is 6.36 Å². The van der Waals surface area contributed by atoms with Gasteiger partial charge in [0.25, 0.3) is 0 Å². The van der Waals surface area contributed by atoms with E-state index in [4.69, 9.17) is 0 Å². The molecule has 0 spiro atoms. The van der Waals surface area contributed by atoms with Gasteiger partial charge in [0.2, 0.25) is 0 Å². The van der Waals surface area contributed by atoms with Crippen molar-refractivity contribution in [2.24, 2.45) is 0 Å². The molecule has 4 heteroatoms. The van der Waals surface area contributed by atoms with E-state index in [1.54, 1.807) is 12.1 Å². The van der Waals surface area contributed by atoms with Crippen molar-refractivity contribution in [2.45, 2.75) is 32.7 Å². The van der Waals surface area contributed by atoms with Crippen LogP contribution in [0.25, 0.3) is 11.1 Å². The van der Waals surface area contributed by atoms with Crippen molar-refractivity contribution >= 4 is 0 Å². The highest BCUT2D eigenvalue weighted by atomic mass is 19.4. The van der Waals surface area contributed by atoms with Crippen molar-refractivity contribution < 1.29 is 17.9 Å². The van der Waals surface area contributed by atoms with Crippen LogP contribution in [0.1, 0.15) is 25.0 Å². The van der Waals surface area contributed by atoms with E-state index < -0.39 is 12.0 Å². The number of aryl methyl sites for hydroxylation is 1. The smallest absolute Gasteiger partial charge is 0.273 e. The summed E-state index contributed by atoms with van der Waals surface area (Å²) in [5.41, 5.74) is 2.37. The normalized spacial score (nSPS) is 11.7. The van der Waals surface area contributed by atoms with Crippen molar-refractivity contribution in [1.29, 1.82) is 0 Å². The van der Waals surface area contributed by atoms with Gasteiger partial charge in [-0.25, -0.2) is 0 Å². The van der Waals surface area contributed by atoms with Crippen LogP contribution in [0, 0.1) is 18.8 Å². The summed E-state index contributed by atoms with van der Waals surface area (Å²) in [6.07, 6.45) is -4.70. The third-order valence-corrected chi connectivity index (χ3v) is 3.22. The monoisotopic (exact) mass is 318 g/mol. The molecule has 0 amide bonds. The topological polar surface area (TPSA) is 9.23 Å². The van der Waals surface area contributed by atoms with Crippen molar-refractivity contribution in [3.8, 4) is 23.0 Å². The van der Waals surface area contributed by atoms with Gasteiger partial charge in [-0.05, 0) is 49.6 Å². The first kappa shape index (κ1) is 17.1. The molecular weight excluding hydrogens is 301 g/mol. The van der Waals surface area contributed by atoms with Gasteiger partial charge in [-0.1, -0.05) is 48.2 Å². The zero-order valence-electron chi connectivity index (χ0n) is 13.2. The van der Waals surface area contributed by atoms with Crippen molar-refractivity contribution in [2.75, 3.05) is 0 Å². The molecule has 0 aliphatic rings. The molecule has 0 saturated heterocycles. The minimum Gasteiger partial charge on any atom is -0.273 e. The first-order valence-corrected chi connectivity index (χ1v) is 7.12. The average Bonchev–Trinajstić information content (AvgIpc) is 2.44. The van der Waals surface area contributed by atoms with Crippen LogP contribution in [0.5, 0.6) is 0 Å². The molecule has 0 heterocycles. The third-order valence-electron chi connectivity index (χ3n) is 3.22. The van der Waals surface area contributed by atoms with Gasteiger partial charge in [0.15, 0.2) is 0 Å². The molecule has 0 saturated carbocycles. The molecule has 0 bridgehead atoms. The van der Waals surface area contributed by atoms with Gasteiger partial charge in [-0.2, -0.15) is 0 Å². The number of ether oxygens (including phenoxy) is 1. The largest absolute Gasteiger partial charge is 0.523 e.